The quantitative estimate of drug-likeness (QED) is 0.684. The molecule has 146 valence electrons. The Morgan fingerprint density at radius 2 is 2.10 bits per heavy atom. The predicted octanol–water partition coefficient (Wildman–Crippen LogP) is 4.19. The van der Waals surface area contributed by atoms with Gasteiger partial charge in [-0.15, -0.1) is 0 Å². The van der Waals surface area contributed by atoms with Gasteiger partial charge in [0, 0.05) is 23.6 Å². The highest BCUT2D eigenvalue weighted by Gasteiger charge is 2.57. The van der Waals surface area contributed by atoms with Gasteiger partial charge in [0.1, 0.15) is 0 Å². The van der Waals surface area contributed by atoms with Gasteiger partial charge in [0.15, 0.2) is 0 Å². The summed E-state index contributed by atoms with van der Waals surface area (Å²) in [5.41, 5.74) is 5.38. The van der Waals surface area contributed by atoms with Gasteiger partial charge in [-0.1, -0.05) is 32.9 Å². The minimum Gasteiger partial charge on any atom is -0.345 e. The van der Waals surface area contributed by atoms with Gasteiger partial charge >= 0.3 is 0 Å². The molecule has 2 bridgehead atoms. The van der Waals surface area contributed by atoms with Crippen LogP contribution in [0.3, 0.4) is 0 Å². The molecule has 0 saturated carbocycles. The van der Waals surface area contributed by atoms with Crippen LogP contribution in [0.4, 0.5) is 0 Å². The first-order valence-corrected chi connectivity index (χ1v) is 10.1. The lowest BCUT2D eigenvalue weighted by Crippen LogP contribution is -2.65. The maximum atomic E-state index is 13.6. The number of hydrogen-bond acceptors (Lipinski definition) is 3. The lowest BCUT2D eigenvalue weighted by molar-refractivity contribution is -0.0262. The molecular weight excluding hydrogens is 360 g/mol. The molecule has 1 N–H and O–H groups in total. The minimum absolute atomic E-state index is 0.0493. The third-order valence-electron chi connectivity index (χ3n) is 7.70. The number of nitrogens with one attached hydrogen (secondary N) is 1. The first-order valence-electron chi connectivity index (χ1n) is 10.1. The number of aromatic amines is 1. The molecule has 0 radical (unpaired) electrons. The number of aromatic nitrogens is 2. The summed E-state index contributed by atoms with van der Waals surface area (Å²) >= 11 is 0. The standard InChI is InChI=1S/C24H24N4O/c1-23(2)21-12-17-16(13-25)5-4-6-18(17)24(23,3)9-10-28(21)22(29)15-7-8-19-20(11-15)27-14-26-19/h4-8,11,14,21H,9-10,12H2,1-3H3,(H,26,27)/t21-,24+/m1/s1. The lowest BCUT2D eigenvalue weighted by atomic mass is 9.50. The van der Waals surface area contributed by atoms with Crippen LogP contribution < -0.4 is 0 Å². The van der Waals surface area contributed by atoms with Gasteiger partial charge in [0.05, 0.1) is 29.0 Å². The average Bonchev–Trinajstić information content (AvgIpc) is 3.17. The smallest absolute Gasteiger partial charge is 0.254 e. The number of imidazole rings is 1. The molecule has 2 atom stereocenters. The Balaban J connectivity index is 1.60. The van der Waals surface area contributed by atoms with E-state index in [1.165, 1.54) is 5.56 Å². The number of fused-ring (bicyclic) bond motifs is 5. The third-order valence-corrected chi connectivity index (χ3v) is 7.70. The number of piperidine rings is 1. The number of carbonyl (C=O) groups excluding carboxylic acids is 1. The van der Waals surface area contributed by atoms with E-state index in [9.17, 15) is 10.1 Å². The van der Waals surface area contributed by atoms with E-state index in [-0.39, 0.29) is 22.8 Å². The maximum Gasteiger partial charge on any atom is 0.254 e. The van der Waals surface area contributed by atoms with Crippen molar-refractivity contribution in [1.82, 2.24) is 14.9 Å². The summed E-state index contributed by atoms with van der Waals surface area (Å²) in [6, 6.07) is 14.1. The number of carbonyl (C=O) groups is 1. The molecule has 1 saturated heterocycles. The van der Waals surface area contributed by atoms with Gasteiger partial charge in [0.2, 0.25) is 0 Å². The fourth-order valence-corrected chi connectivity index (χ4v) is 5.53. The molecule has 5 heteroatoms. The largest absolute Gasteiger partial charge is 0.345 e. The van der Waals surface area contributed by atoms with Crippen molar-refractivity contribution in [1.29, 1.82) is 5.26 Å². The first kappa shape index (κ1) is 17.9. The van der Waals surface area contributed by atoms with Gasteiger partial charge in [-0.25, -0.2) is 4.98 Å². The van der Waals surface area contributed by atoms with E-state index in [1.54, 1.807) is 6.33 Å². The normalized spacial score (nSPS) is 24.8. The van der Waals surface area contributed by atoms with Crippen molar-refractivity contribution in [2.75, 3.05) is 6.54 Å². The van der Waals surface area contributed by atoms with Gasteiger partial charge in [0.25, 0.3) is 5.91 Å². The molecule has 1 fully saturated rings. The third kappa shape index (κ3) is 2.32. The van der Waals surface area contributed by atoms with Crippen LogP contribution in [-0.4, -0.2) is 33.4 Å². The highest BCUT2D eigenvalue weighted by molar-refractivity contribution is 5.97. The Kier molecular flexibility index (Phi) is 3.67. The topological polar surface area (TPSA) is 72.8 Å². The van der Waals surface area contributed by atoms with E-state index in [0.29, 0.717) is 5.56 Å². The van der Waals surface area contributed by atoms with Gasteiger partial charge in [-0.2, -0.15) is 5.26 Å². The van der Waals surface area contributed by atoms with Crippen molar-refractivity contribution in [3.05, 3.63) is 65.0 Å². The second-order valence-electron chi connectivity index (χ2n) is 9.10. The van der Waals surface area contributed by atoms with Crippen molar-refractivity contribution in [2.24, 2.45) is 5.41 Å². The molecule has 5 rings (SSSR count). The molecule has 2 aromatic carbocycles. The minimum atomic E-state index is -0.0971. The summed E-state index contributed by atoms with van der Waals surface area (Å²) in [4.78, 5) is 22.9. The van der Waals surface area contributed by atoms with E-state index >= 15 is 0 Å². The SMILES string of the molecule is CC1(C)[C@H]2Cc3c(C#N)cccc3[C@]1(C)CCN2C(=O)c1ccc2nc[nH]c2c1. The Bertz CT molecular complexity index is 1190. The van der Waals surface area contributed by atoms with Crippen LogP contribution in [0.25, 0.3) is 11.0 Å². The zero-order valence-electron chi connectivity index (χ0n) is 17.0. The van der Waals surface area contributed by atoms with Crippen LogP contribution in [0.2, 0.25) is 0 Å². The van der Waals surface area contributed by atoms with E-state index in [2.05, 4.69) is 42.9 Å². The van der Waals surface area contributed by atoms with Crippen LogP contribution >= 0.6 is 0 Å². The Morgan fingerprint density at radius 1 is 1.28 bits per heavy atom. The number of nitriles is 1. The average molecular weight is 384 g/mol. The Morgan fingerprint density at radius 3 is 2.90 bits per heavy atom. The predicted molar refractivity (Wildman–Crippen MR) is 112 cm³/mol. The molecular formula is C24H24N4O. The van der Waals surface area contributed by atoms with E-state index in [0.717, 1.165) is 41.5 Å². The number of benzene rings is 2. The number of likely N-dealkylation sites (tertiary alicyclic amines) is 1. The fourth-order valence-electron chi connectivity index (χ4n) is 5.53. The van der Waals surface area contributed by atoms with Crippen LogP contribution in [0, 0.1) is 16.7 Å². The summed E-state index contributed by atoms with van der Waals surface area (Å²) in [7, 11) is 0. The van der Waals surface area contributed by atoms with Crippen molar-refractivity contribution < 1.29 is 4.79 Å². The fraction of sp³-hybridized carbons (Fsp3) is 0.375. The first-order chi connectivity index (χ1) is 13.9. The summed E-state index contributed by atoms with van der Waals surface area (Å²) in [6.07, 6.45) is 3.26. The van der Waals surface area contributed by atoms with E-state index in [4.69, 9.17) is 0 Å². The van der Waals surface area contributed by atoms with Crippen LogP contribution in [0.15, 0.2) is 42.7 Å². The van der Waals surface area contributed by atoms with Crippen molar-refractivity contribution in [3.8, 4) is 6.07 Å². The molecule has 5 nitrogen and oxygen atoms in total. The molecule has 1 aliphatic heterocycles. The molecule has 2 heterocycles. The van der Waals surface area contributed by atoms with Crippen LogP contribution in [0.5, 0.6) is 0 Å². The molecule has 1 amide bonds. The highest BCUT2D eigenvalue weighted by Crippen LogP contribution is 2.56. The second kappa shape index (κ2) is 5.93. The van der Waals surface area contributed by atoms with E-state index in [1.807, 2.05) is 35.2 Å². The van der Waals surface area contributed by atoms with Gasteiger partial charge in [-0.05, 0) is 53.6 Å². The number of rotatable bonds is 1. The lowest BCUT2D eigenvalue weighted by Gasteiger charge is -2.61. The second-order valence-corrected chi connectivity index (χ2v) is 9.10. The summed E-state index contributed by atoms with van der Waals surface area (Å²) in [5, 5.41) is 9.66. The van der Waals surface area contributed by atoms with Gasteiger partial charge in [-0.3, -0.25) is 4.79 Å². The van der Waals surface area contributed by atoms with E-state index < -0.39 is 0 Å². The van der Waals surface area contributed by atoms with Crippen LogP contribution in [0.1, 0.15) is 54.2 Å². The number of H-pyrrole nitrogens is 1. The molecule has 2 aliphatic rings. The highest BCUT2D eigenvalue weighted by atomic mass is 16.2. The zero-order valence-corrected chi connectivity index (χ0v) is 17.0. The summed E-state index contributed by atoms with van der Waals surface area (Å²) in [6.45, 7) is 7.58. The number of nitrogens with zero attached hydrogens (tertiary/aromatic N) is 3. The Labute approximate surface area is 170 Å². The molecule has 0 unspecified atom stereocenters. The molecule has 1 aromatic heterocycles. The summed E-state index contributed by atoms with van der Waals surface area (Å²) < 4.78 is 0. The Hall–Kier alpha value is -3.13. The number of amides is 1. The summed E-state index contributed by atoms with van der Waals surface area (Å²) in [5.74, 6) is 0.0551. The van der Waals surface area contributed by atoms with Crippen molar-refractivity contribution in [3.63, 3.8) is 0 Å². The molecule has 1 aliphatic carbocycles. The molecule has 0 spiro atoms. The monoisotopic (exact) mass is 384 g/mol. The van der Waals surface area contributed by atoms with Crippen LogP contribution in [-0.2, 0) is 11.8 Å². The van der Waals surface area contributed by atoms with Crippen molar-refractivity contribution in [2.45, 2.75) is 45.1 Å². The maximum absolute atomic E-state index is 13.6. The number of hydrogen-bond donors (Lipinski definition) is 1. The molecule has 29 heavy (non-hydrogen) atoms. The van der Waals surface area contributed by atoms with Gasteiger partial charge < -0.3 is 9.88 Å². The molecule has 3 aromatic rings. The zero-order chi connectivity index (χ0) is 20.4. The van der Waals surface area contributed by atoms with Crippen molar-refractivity contribution >= 4 is 16.9 Å².